The molecule has 1 aromatic carbocycles. The van der Waals surface area contributed by atoms with Crippen LogP contribution in [0.15, 0.2) is 12.1 Å². The van der Waals surface area contributed by atoms with Crippen molar-refractivity contribution < 1.29 is 9.90 Å². The number of benzene rings is 1. The molecule has 12 heavy (non-hydrogen) atoms. The fourth-order valence-electron chi connectivity index (χ4n) is 0.775. The number of primary amides is 1. The second-order valence-electron chi connectivity index (χ2n) is 2.12. The molecule has 0 atom stereocenters. The third-order valence-corrected chi connectivity index (χ3v) is 4.37. The van der Waals surface area contributed by atoms with E-state index in [0.29, 0.717) is 3.57 Å². The third kappa shape index (κ3) is 1.82. The lowest BCUT2D eigenvalue weighted by molar-refractivity contribution is 0.0997. The monoisotopic (exact) mass is 389 g/mol. The minimum Gasteiger partial charge on any atom is -0.507 e. The molecule has 3 nitrogen and oxygen atoms in total. The van der Waals surface area contributed by atoms with Crippen LogP contribution >= 0.6 is 45.2 Å². The Morgan fingerprint density at radius 2 is 2.00 bits per heavy atom. The van der Waals surface area contributed by atoms with Gasteiger partial charge in [-0.15, -0.1) is 0 Å². The second-order valence-corrected chi connectivity index (χ2v) is 4.36. The maximum Gasteiger partial charge on any atom is 0.253 e. The highest BCUT2D eigenvalue weighted by molar-refractivity contribution is 14.1. The van der Waals surface area contributed by atoms with E-state index >= 15 is 0 Å². The maximum absolute atomic E-state index is 10.8. The van der Waals surface area contributed by atoms with E-state index in [9.17, 15) is 9.90 Å². The molecule has 0 heterocycles. The maximum atomic E-state index is 10.8. The number of aromatic hydroxyl groups is 1. The Morgan fingerprint density at radius 1 is 1.42 bits per heavy atom. The van der Waals surface area contributed by atoms with Gasteiger partial charge < -0.3 is 10.8 Å². The summed E-state index contributed by atoms with van der Waals surface area (Å²) in [6.45, 7) is 0. The zero-order valence-corrected chi connectivity index (χ0v) is 10.2. The summed E-state index contributed by atoms with van der Waals surface area (Å²) >= 11 is 4.05. The largest absolute Gasteiger partial charge is 0.507 e. The van der Waals surface area contributed by atoms with E-state index in [1.165, 1.54) is 6.07 Å². The first-order valence-corrected chi connectivity index (χ1v) is 5.16. The lowest BCUT2D eigenvalue weighted by Gasteiger charge is -2.04. The summed E-state index contributed by atoms with van der Waals surface area (Å²) in [5, 5.41) is 9.28. The van der Waals surface area contributed by atoms with Crippen molar-refractivity contribution in [2.75, 3.05) is 0 Å². The Hall–Kier alpha value is -0.0500. The molecule has 0 radical (unpaired) electrons. The molecule has 0 aromatic heterocycles. The number of halogens is 2. The fourth-order valence-corrected chi connectivity index (χ4v) is 1.95. The summed E-state index contributed by atoms with van der Waals surface area (Å²) < 4.78 is 1.60. The molecule has 0 unspecified atom stereocenters. The van der Waals surface area contributed by atoms with E-state index in [1.54, 1.807) is 6.07 Å². The highest BCUT2D eigenvalue weighted by Gasteiger charge is 2.13. The van der Waals surface area contributed by atoms with Crippen LogP contribution in [0.2, 0.25) is 0 Å². The lowest BCUT2D eigenvalue weighted by atomic mass is 10.2. The Morgan fingerprint density at radius 3 is 2.42 bits per heavy atom. The minimum atomic E-state index is -0.601. The normalized spacial score (nSPS) is 9.83. The van der Waals surface area contributed by atoms with Crippen molar-refractivity contribution in [3.8, 4) is 5.75 Å². The molecule has 0 aliphatic rings. The van der Waals surface area contributed by atoms with Crippen LogP contribution in [0.4, 0.5) is 0 Å². The molecule has 0 bridgehead atoms. The summed E-state index contributed by atoms with van der Waals surface area (Å²) in [5.41, 5.74) is 5.27. The first-order valence-electron chi connectivity index (χ1n) is 3.01. The van der Waals surface area contributed by atoms with Crippen LogP contribution in [0.5, 0.6) is 5.75 Å². The van der Waals surface area contributed by atoms with Gasteiger partial charge in [-0.25, -0.2) is 0 Å². The van der Waals surface area contributed by atoms with Crippen LogP contribution < -0.4 is 5.73 Å². The average Bonchev–Trinajstić information content (AvgIpc) is 1.97. The first-order chi connectivity index (χ1) is 5.54. The van der Waals surface area contributed by atoms with Crippen LogP contribution in [-0.4, -0.2) is 11.0 Å². The molecular formula is C7H5I2NO2. The van der Waals surface area contributed by atoms with Gasteiger partial charge in [0.1, 0.15) is 5.75 Å². The van der Waals surface area contributed by atoms with Gasteiger partial charge in [0.2, 0.25) is 0 Å². The zero-order valence-electron chi connectivity index (χ0n) is 5.84. The van der Waals surface area contributed by atoms with Gasteiger partial charge in [0, 0.05) is 7.14 Å². The van der Waals surface area contributed by atoms with Gasteiger partial charge >= 0.3 is 0 Å². The number of phenols is 1. The number of carbonyl (C=O) groups is 1. The van der Waals surface area contributed by atoms with E-state index in [4.69, 9.17) is 5.73 Å². The highest BCUT2D eigenvalue weighted by Crippen LogP contribution is 2.26. The Bertz CT molecular complexity index is 338. The minimum absolute atomic E-state index is 0.0627. The third-order valence-electron chi connectivity index (χ3n) is 1.32. The summed E-state index contributed by atoms with van der Waals surface area (Å²) in [7, 11) is 0. The van der Waals surface area contributed by atoms with Crippen molar-refractivity contribution in [3.05, 3.63) is 24.8 Å². The van der Waals surface area contributed by atoms with E-state index < -0.39 is 5.91 Å². The number of amides is 1. The van der Waals surface area contributed by atoms with Crippen molar-refractivity contribution in [2.24, 2.45) is 5.73 Å². The van der Waals surface area contributed by atoms with E-state index in [-0.39, 0.29) is 11.3 Å². The van der Waals surface area contributed by atoms with Gasteiger partial charge in [0.15, 0.2) is 0 Å². The highest BCUT2D eigenvalue weighted by atomic mass is 127. The standard InChI is InChI=1S/C7H5I2NO2/c8-3-1-2-4(11)5(6(3)9)7(10)12/h1-2,11H,(H2,10,12). The molecule has 0 saturated carbocycles. The molecular weight excluding hydrogens is 384 g/mol. The van der Waals surface area contributed by atoms with Crippen LogP contribution in [-0.2, 0) is 0 Å². The van der Waals surface area contributed by atoms with Gasteiger partial charge in [-0.1, -0.05) is 0 Å². The van der Waals surface area contributed by atoms with E-state index in [2.05, 4.69) is 22.6 Å². The van der Waals surface area contributed by atoms with Crippen molar-refractivity contribution in [3.63, 3.8) is 0 Å². The first kappa shape index (κ1) is 10.0. The smallest absolute Gasteiger partial charge is 0.253 e. The SMILES string of the molecule is NC(=O)c1c(O)ccc(I)c1I. The number of hydrogen-bond acceptors (Lipinski definition) is 2. The number of nitrogens with two attached hydrogens (primary N) is 1. The summed E-state index contributed by atoms with van der Waals surface area (Å²) in [5.74, 6) is -0.664. The predicted octanol–water partition coefficient (Wildman–Crippen LogP) is 1.70. The molecule has 0 saturated heterocycles. The quantitative estimate of drug-likeness (QED) is 0.719. The van der Waals surface area contributed by atoms with Crippen LogP contribution in [0, 0.1) is 7.14 Å². The van der Waals surface area contributed by atoms with Gasteiger partial charge in [-0.3, -0.25) is 4.79 Å². The topological polar surface area (TPSA) is 63.3 Å². The molecule has 0 spiro atoms. The molecule has 64 valence electrons. The van der Waals surface area contributed by atoms with E-state index in [1.807, 2.05) is 22.6 Å². The number of rotatable bonds is 1. The Kier molecular flexibility index (Phi) is 3.16. The average molecular weight is 389 g/mol. The molecule has 3 N–H and O–H groups in total. The summed E-state index contributed by atoms with van der Waals surface area (Å²) in [4.78, 5) is 10.8. The molecule has 0 aliphatic heterocycles. The van der Waals surface area contributed by atoms with Crippen molar-refractivity contribution in [1.82, 2.24) is 0 Å². The van der Waals surface area contributed by atoms with Gasteiger partial charge in [0.25, 0.3) is 5.91 Å². The second kappa shape index (κ2) is 3.77. The number of carbonyl (C=O) groups excluding carboxylic acids is 1. The predicted molar refractivity (Wildman–Crippen MR) is 62.1 cm³/mol. The van der Waals surface area contributed by atoms with Crippen LogP contribution in [0.3, 0.4) is 0 Å². The molecule has 1 aromatic rings. The van der Waals surface area contributed by atoms with Crippen molar-refractivity contribution in [1.29, 1.82) is 0 Å². The molecule has 0 fully saturated rings. The Labute approximate surface area is 96.6 Å². The van der Waals surface area contributed by atoms with Gasteiger partial charge in [0.05, 0.1) is 5.56 Å². The molecule has 5 heteroatoms. The van der Waals surface area contributed by atoms with Crippen molar-refractivity contribution >= 4 is 51.1 Å². The van der Waals surface area contributed by atoms with Crippen molar-refractivity contribution in [2.45, 2.75) is 0 Å². The zero-order chi connectivity index (χ0) is 9.30. The van der Waals surface area contributed by atoms with Crippen LogP contribution in [0.25, 0.3) is 0 Å². The summed E-state index contributed by atoms with van der Waals surface area (Å²) in [6, 6.07) is 3.19. The van der Waals surface area contributed by atoms with E-state index in [0.717, 1.165) is 3.57 Å². The summed E-state index contributed by atoms with van der Waals surface area (Å²) in [6.07, 6.45) is 0. The number of hydrogen-bond donors (Lipinski definition) is 2. The van der Waals surface area contributed by atoms with Gasteiger partial charge in [-0.05, 0) is 57.3 Å². The molecule has 1 rings (SSSR count). The fraction of sp³-hybridized carbons (Fsp3) is 0. The lowest BCUT2D eigenvalue weighted by Crippen LogP contribution is -2.13. The Balaban J connectivity index is 3.43. The molecule has 1 amide bonds. The molecule has 0 aliphatic carbocycles. The van der Waals surface area contributed by atoms with Gasteiger partial charge in [-0.2, -0.15) is 0 Å². The van der Waals surface area contributed by atoms with Crippen LogP contribution in [0.1, 0.15) is 10.4 Å².